The molecular formula is C15H22N2O6. The molecule has 1 heterocycles. The molecule has 128 valence electrons. The van der Waals surface area contributed by atoms with Gasteiger partial charge in [-0.05, 0) is 41.5 Å². The maximum atomic E-state index is 12.2. The first kappa shape index (κ1) is 18.7. The predicted octanol–water partition coefficient (Wildman–Crippen LogP) is 1.06. The Kier molecular flexibility index (Phi) is 5.19. The molecule has 0 bridgehead atoms. The Hall–Kier alpha value is -2.38. The number of carbonyl (C=O) groups excluding carboxylic acids is 3. The number of imide groups is 1. The van der Waals surface area contributed by atoms with Gasteiger partial charge >= 0.3 is 12.1 Å². The third kappa shape index (κ3) is 4.08. The van der Waals surface area contributed by atoms with Gasteiger partial charge < -0.3 is 15.2 Å². The molecule has 2 atom stereocenters. The van der Waals surface area contributed by atoms with Crippen LogP contribution in [0.25, 0.3) is 0 Å². The molecule has 23 heavy (non-hydrogen) atoms. The molecule has 0 saturated carbocycles. The second-order valence-electron chi connectivity index (χ2n) is 6.43. The van der Waals surface area contributed by atoms with E-state index in [2.05, 4.69) is 5.32 Å². The molecule has 0 aliphatic carbocycles. The Bertz CT molecular complexity index is 587. The molecule has 0 aromatic carbocycles. The molecule has 0 unspecified atom stereocenters. The van der Waals surface area contributed by atoms with Gasteiger partial charge in [0.1, 0.15) is 11.6 Å². The van der Waals surface area contributed by atoms with E-state index < -0.39 is 41.6 Å². The standard InChI is InChI=1S/C15H22N2O6/c1-7(8(2)13(20)21)11(18)17-9(3)10(12(17)19)16-14(22)23-15(4,5)6/h9-10H,1-6H3,(H,16,22)(H,20,21)/b8-7-/t9-,10-/m0/s1. The van der Waals surface area contributed by atoms with E-state index in [1.54, 1.807) is 27.7 Å². The summed E-state index contributed by atoms with van der Waals surface area (Å²) in [5.74, 6) is -2.49. The van der Waals surface area contributed by atoms with Crippen LogP contribution in [0, 0.1) is 0 Å². The fraction of sp³-hybridized carbons (Fsp3) is 0.600. The van der Waals surface area contributed by atoms with Crippen molar-refractivity contribution in [2.24, 2.45) is 0 Å². The van der Waals surface area contributed by atoms with Crippen molar-refractivity contribution in [3.63, 3.8) is 0 Å². The van der Waals surface area contributed by atoms with E-state index in [9.17, 15) is 19.2 Å². The monoisotopic (exact) mass is 326 g/mol. The molecule has 0 aromatic rings. The molecule has 8 nitrogen and oxygen atoms in total. The number of β-lactam (4-membered cyclic amide) rings is 1. The van der Waals surface area contributed by atoms with Crippen LogP contribution in [0.3, 0.4) is 0 Å². The number of nitrogens with zero attached hydrogens (tertiary/aromatic N) is 1. The van der Waals surface area contributed by atoms with E-state index in [4.69, 9.17) is 9.84 Å². The molecule has 8 heteroatoms. The van der Waals surface area contributed by atoms with Gasteiger partial charge in [-0.3, -0.25) is 14.5 Å². The minimum Gasteiger partial charge on any atom is -0.478 e. The van der Waals surface area contributed by atoms with Crippen molar-refractivity contribution in [3.05, 3.63) is 11.1 Å². The highest BCUT2D eigenvalue weighted by molar-refractivity contribution is 6.12. The summed E-state index contributed by atoms with van der Waals surface area (Å²) >= 11 is 0. The van der Waals surface area contributed by atoms with Gasteiger partial charge in [0.15, 0.2) is 0 Å². The van der Waals surface area contributed by atoms with Crippen molar-refractivity contribution in [1.82, 2.24) is 10.2 Å². The molecule has 0 spiro atoms. The van der Waals surface area contributed by atoms with Gasteiger partial charge in [-0.15, -0.1) is 0 Å². The van der Waals surface area contributed by atoms with Crippen LogP contribution in [0.2, 0.25) is 0 Å². The molecule has 1 saturated heterocycles. The Labute approximate surface area is 134 Å². The lowest BCUT2D eigenvalue weighted by molar-refractivity contribution is -0.159. The van der Waals surface area contributed by atoms with Crippen LogP contribution in [0.5, 0.6) is 0 Å². The van der Waals surface area contributed by atoms with Gasteiger partial charge in [-0.2, -0.15) is 0 Å². The molecule has 1 rings (SSSR count). The van der Waals surface area contributed by atoms with Crippen LogP contribution in [0.15, 0.2) is 11.1 Å². The van der Waals surface area contributed by atoms with Gasteiger partial charge in [0.2, 0.25) is 0 Å². The Morgan fingerprint density at radius 1 is 1.17 bits per heavy atom. The smallest absolute Gasteiger partial charge is 0.408 e. The Balaban J connectivity index is 2.78. The zero-order chi connectivity index (χ0) is 18.1. The van der Waals surface area contributed by atoms with Crippen LogP contribution in [-0.4, -0.2) is 51.6 Å². The summed E-state index contributed by atoms with van der Waals surface area (Å²) in [6.45, 7) is 9.30. The van der Waals surface area contributed by atoms with Crippen LogP contribution in [0.4, 0.5) is 4.79 Å². The van der Waals surface area contributed by atoms with E-state index in [-0.39, 0.29) is 11.1 Å². The zero-order valence-corrected chi connectivity index (χ0v) is 14.1. The number of alkyl carbamates (subject to hydrolysis) is 1. The number of ether oxygens (including phenoxy) is 1. The minimum absolute atomic E-state index is 0.0200. The van der Waals surface area contributed by atoms with Crippen molar-refractivity contribution < 1.29 is 29.0 Å². The number of rotatable bonds is 3. The molecule has 0 radical (unpaired) electrons. The number of likely N-dealkylation sites (tertiary alicyclic amines) is 1. The second-order valence-corrected chi connectivity index (χ2v) is 6.43. The third-order valence-electron chi connectivity index (χ3n) is 3.49. The summed E-state index contributed by atoms with van der Waals surface area (Å²) in [5.41, 5.74) is -0.847. The predicted molar refractivity (Wildman–Crippen MR) is 80.5 cm³/mol. The average molecular weight is 326 g/mol. The van der Waals surface area contributed by atoms with Gasteiger partial charge in [-0.1, -0.05) is 0 Å². The molecule has 1 aliphatic heterocycles. The van der Waals surface area contributed by atoms with Crippen molar-refractivity contribution >= 4 is 23.9 Å². The summed E-state index contributed by atoms with van der Waals surface area (Å²) in [4.78, 5) is 47.8. The highest BCUT2D eigenvalue weighted by Crippen LogP contribution is 2.23. The van der Waals surface area contributed by atoms with E-state index in [0.29, 0.717) is 0 Å². The lowest BCUT2D eigenvalue weighted by atomic mass is 9.95. The first-order valence-electron chi connectivity index (χ1n) is 7.14. The number of carboxylic acids is 1. The summed E-state index contributed by atoms with van der Waals surface area (Å²) in [6.07, 6.45) is -0.747. The summed E-state index contributed by atoms with van der Waals surface area (Å²) in [7, 11) is 0. The van der Waals surface area contributed by atoms with Crippen LogP contribution >= 0.6 is 0 Å². The van der Waals surface area contributed by atoms with Crippen molar-refractivity contribution in [1.29, 1.82) is 0 Å². The average Bonchev–Trinajstić information content (AvgIpc) is 2.41. The van der Waals surface area contributed by atoms with Crippen LogP contribution < -0.4 is 5.32 Å². The van der Waals surface area contributed by atoms with Crippen molar-refractivity contribution in [2.75, 3.05) is 0 Å². The van der Waals surface area contributed by atoms with E-state index in [1.807, 2.05) is 0 Å². The highest BCUT2D eigenvalue weighted by Gasteiger charge is 2.49. The van der Waals surface area contributed by atoms with E-state index in [0.717, 1.165) is 4.90 Å². The van der Waals surface area contributed by atoms with Crippen molar-refractivity contribution in [3.8, 4) is 0 Å². The minimum atomic E-state index is -1.22. The number of nitrogens with one attached hydrogen (secondary N) is 1. The van der Waals surface area contributed by atoms with Gasteiger partial charge in [-0.25, -0.2) is 9.59 Å². The molecule has 1 fully saturated rings. The quantitative estimate of drug-likeness (QED) is 0.592. The number of hydrogen-bond donors (Lipinski definition) is 2. The normalized spacial score (nSPS) is 22.0. The summed E-state index contributed by atoms with van der Waals surface area (Å²) < 4.78 is 5.06. The topological polar surface area (TPSA) is 113 Å². The lowest BCUT2D eigenvalue weighted by Crippen LogP contribution is -2.71. The highest BCUT2D eigenvalue weighted by atomic mass is 16.6. The number of hydrogen-bond acceptors (Lipinski definition) is 5. The number of amides is 3. The molecule has 2 N–H and O–H groups in total. The number of aliphatic carboxylic acids is 1. The van der Waals surface area contributed by atoms with Crippen molar-refractivity contribution in [2.45, 2.75) is 59.2 Å². The maximum absolute atomic E-state index is 12.2. The first-order valence-corrected chi connectivity index (χ1v) is 7.14. The fourth-order valence-corrected chi connectivity index (χ4v) is 2.03. The molecular weight excluding hydrogens is 304 g/mol. The fourth-order valence-electron chi connectivity index (χ4n) is 2.03. The SMILES string of the molecule is C/C(C(=O)O)=C(\C)C(=O)N1C(=O)[C@@H](NC(=O)OC(C)(C)C)[C@@H]1C. The molecule has 3 amide bonds. The largest absolute Gasteiger partial charge is 0.478 e. The first-order chi connectivity index (χ1) is 10.4. The van der Waals surface area contributed by atoms with E-state index in [1.165, 1.54) is 13.8 Å². The van der Waals surface area contributed by atoms with Crippen LogP contribution in [-0.2, 0) is 19.1 Å². The van der Waals surface area contributed by atoms with Gasteiger partial charge in [0.25, 0.3) is 11.8 Å². The maximum Gasteiger partial charge on any atom is 0.408 e. The Morgan fingerprint density at radius 2 is 1.70 bits per heavy atom. The third-order valence-corrected chi connectivity index (χ3v) is 3.49. The summed E-state index contributed by atoms with van der Waals surface area (Å²) in [6, 6.07) is -1.45. The Morgan fingerprint density at radius 3 is 2.09 bits per heavy atom. The molecule has 1 aliphatic rings. The second kappa shape index (κ2) is 6.39. The molecule has 0 aromatic heterocycles. The zero-order valence-electron chi connectivity index (χ0n) is 14.1. The van der Waals surface area contributed by atoms with Crippen LogP contribution in [0.1, 0.15) is 41.5 Å². The number of carboxylic acid groups (broad SMARTS) is 1. The summed E-state index contributed by atoms with van der Waals surface area (Å²) in [5, 5.41) is 11.3. The van der Waals surface area contributed by atoms with Gasteiger partial charge in [0.05, 0.1) is 6.04 Å². The number of carbonyl (C=O) groups is 4. The lowest BCUT2D eigenvalue weighted by Gasteiger charge is -2.44. The van der Waals surface area contributed by atoms with Gasteiger partial charge in [0, 0.05) is 11.1 Å². The van der Waals surface area contributed by atoms with E-state index >= 15 is 0 Å².